The topological polar surface area (TPSA) is 56.1 Å². The van der Waals surface area contributed by atoms with E-state index in [9.17, 15) is 4.79 Å². The molecule has 116 valence electrons. The minimum absolute atomic E-state index is 0.212. The summed E-state index contributed by atoms with van der Waals surface area (Å²) >= 11 is 0. The smallest absolute Gasteiger partial charge is 0.252 e. The average Bonchev–Trinajstić information content (AvgIpc) is 2.49. The number of rotatable bonds is 5. The van der Waals surface area contributed by atoms with E-state index in [0.717, 1.165) is 0 Å². The molecule has 0 aromatic heterocycles. The molecule has 0 fully saturated rings. The van der Waals surface area contributed by atoms with Gasteiger partial charge in [-0.25, -0.2) is 0 Å². The predicted octanol–water partition coefficient (Wildman–Crippen LogP) is 2.41. The van der Waals surface area contributed by atoms with Gasteiger partial charge in [0.05, 0.1) is 24.7 Å². The van der Waals surface area contributed by atoms with Gasteiger partial charge in [0.15, 0.2) is 0 Å². The van der Waals surface area contributed by atoms with Gasteiger partial charge in [0, 0.05) is 17.6 Å². The number of nitriles is 1. The molecule has 4 nitrogen and oxygen atoms in total. The molecule has 0 unspecified atom stereocenters. The molecule has 1 rings (SSSR count). The van der Waals surface area contributed by atoms with Crippen molar-refractivity contribution in [3.05, 3.63) is 35.4 Å². The second kappa shape index (κ2) is 8.87. The Bertz CT molecular complexity index is 595. The highest BCUT2D eigenvalue weighted by Crippen LogP contribution is 2.04. The predicted molar refractivity (Wildman–Crippen MR) is 88.2 cm³/mol. The fourth-order valence-electron chi connectivity index (χ4n) is 2.13. The van der Waals surface area contributed by atoms with Crippen molar-refractivity contribution in [3.8, 4) is 17.9 Å². The van der Waals surface area contributed by atoms with Crippen LogP contribution in [0.4, 0.5) is 0 Å². The Balaban J connectivity index is 2.49. The van der Waals surface area contributed by atoms with Crippen molar-refractivity contribution in [2.24, 2.45) is 0 Å². The summed E-state index contributed by atoms with van der Waals surface area (Å²) in [5, 5.41) is 11.6. The summed E-state index contributed by atoms with van der Waals surface area (Å²) < 4.78 is 0. The molecule has 0 aliphatic rings. The summed E-state index contributed by atoms with van der Waals surface area (Å²) in [6, 6.07) is 9.52. The van der Waals surface area contributed by atoms with E-state index >= 15 is 0 Å². The van der Waals surface area contributed by atoms with Crippen LogP contribution in [0.15, 0.2) is 24.3 Å². The zero-order valence-electron chi connectivity index (χ0n) is 13.7. The van der Waals surface area contributed by atoms with Crippen LogP contribution in [0.2, 0.25) is 0 Å². The van der Waals surface area contributed by atoms with E-state index in [1.807, 2.05) is 6.07 Å². The number of hydrogen-bond donors (Lipinski definition) is 1. The molecule has 0 heterocycles. The second-order valence-electron chi connectivity index (χ2n) is 5.59. The lowest BCUT2D eigenvalue weighted by Gasteiger charge is -2.28. The number of amides is 1. The van der Waals surface area contributed by atoms with Crippen molar-refractivity contribution in [1.29, 1.82) is 5.26 Å². The van der Waals surface area contributed by atoms with E-state index in [2.05, 4.69) is 49.8 Å². The SMILES string of the molecule is CC(C)N(CC#CCNC(=O)c1cccc(C#N)c1)C(C)C. The first-order valence-corrected chi connectivity index (χ1v) is 7.45. The molecule has 1 amide bonds. The lowest BCUT2D eigenvalue weighted by Crippen LogP contribution is -2.37. The number of nitrogens with one attached hydrogen (secondary N) is 1. The number of hydrogen-bond acceptors (Lipinski definition) is 3. The first-order chi connectivity index (χ1) is 10.5. The summed E-state index contributed by atoms with van der Waals surface area (Å²) in [6.45, 7) is 9.57. The Morgan fingerprint density at radius 3 is 2.50 bits per heavy atom. The first kappa shape index (κ1) is 17.8. The maximum Gasteiger partial charge on any atom is 0.252 e. The van der Waals surface area contributed by atoms with Gasteiger partial charge in [-0.05, 0) is 45.9 Å². The molecule has 0 saturated heterocycles. The normalized spacial score (nSPS) is 10.3. The van der Waals surface area contributed by atoms with E-state index in [4.69, 9.17) is 5.26 Å². The highest BCUT2D eigenvalue weighted by Gasteiger charge is 2.10. The van der Waals surface area contributed by atoms with Gasteiger partial charge in [0.25, 0.3) is 5.91 Å². The van der Waals surface area contributed by atoms with E-state index in [0.29, 0.717) is 36.3 Å². The summed E-state index contributed by atoms with van der Waals surface area (Å²) in [6.07, 6.45) is 0. The van der Waals surface area contributed by atoms with Gasteiger partial charge in [-0.2, -0.15) is 5.26 Å². The molecule has 1 aromatic carbocycles. The first-order valence-electron chi connectivity index (χ1n) is 7.45. The van der Waals surface area contributed by atoms with Crippen LogP contribution < -0.4 is 5.32 Å². The molecule has 0 radical (unpaired) electrons. The third-order valence-corrected chi connectivity index (χ3v) is 3.30. The maximum atomic E-state index is 11.9. The number of carbonyl (C=O) groups is 1. The number of benzene rings is 1. The Morgan fingerprint density at radius 2 is 1.91 bits per heavy atom. The van der Waals surface area contributed by atoms with Crippen LogP contribution in [-0.2, 0) is 0 Å². The molecule has 0 saturated carbocycles. The molecular formula is C18H23N3O. The highest BCUT2D eigenvalue weighted by atomic mass is 16.1. The van der Waals surface area contributed by atoms with Gasteiger partial charge >= 0.3 is 0 Å². The minimum atomic E-state index is -0.212. The maximum absolute atomic E-state index is 11.9. The zero-order valence-corrected chi connectivity index (χ0v) is 13.7. The number of nitrogens with zero attached hydrogens (tertiary/aromatic N) is 2. The van der Waals surface area contributed by atoms with Crippen LogP contribution >= 0.6 is 0 Å². The van der Waals surface area contributed by atoms with E-state index in [-0.39, 0.29) is 5.91 Å². The van der Waals surface area contributed by atoms with E-state index in [1.165, 1.54) is 0 Å². The van der Waals surface area contributed by atoms with Crippen molar-refractivity contribution in [2.75, 3.05) is 13.1 Å². The van der Waals surface area contributed by atoms with Crippen LogP contribution in [0.5, 0.6) is 0 Å². The fourth-order valence-corrected chi connectivity index (χ4v) is 2.13. The monoisotopic (exact) mass is 297 g/mol. The van der Waals surface area contributed by atoms with Crippen molar-refractivity contribution in [2.45, 2.75) is 39.8 Å². The van der Waals surface area contributed by atoms with Gasteiger partial charge in [-0.3, -0.25) is 9.69 Å². The van der Waals surface area contributed by atoms with Gasteiger partial charge < -0.3 is 5.32 Å². The number of carbonyl (C=O) groups excluding carboxylic acids is 1. The molecule has 0 aliphatic heterocycles. The minimum Gasteiger partial charge on any atom is -0.341 e. The van der Waals surface area contributed by atoms with Crippen molar-refractivity contribution in [1.82, 2.24) is 10.2 Å². The molecule has 1 aromatic rings. The Morgan fingerprint density at radius 1 is 1.23 bits per heavy atom. The fraction of sp³-hybridized carbons (Fsp3) is 0.444. The summed E-state index contributed by atoms with van der Waals surface area (Å²) in [5.74, 6) is 5.84. The molecular weight excluding hydrogens is 274 g/mol. The second-order valence-corrected chi connectivity index (χ2v) is 5.59. The molecule has 4 heteroatoms. The highest BCUT2D eigenvalue weighted by molar-refractivity contribution is 5.94. The van der Waals surface area contributed by atoms with Gasteiger partial charge in [0.1, 0.15) is 0 Å². The molecule has 1 N–H and O–H groups in total. The van der Waals surface area contributed by atoms with Crippen molar-refractivity contribution >= 4 is 5.91 Å². The van der Waals surface area contributed by atoms with Gasteiger partial charge in [-0.1, -0.05) is 17.9 Å². The quantitative estimate of drug-likeness (QED) is 0.849. The largest absolute Gasteiger partial charge is 0.341 e. The Hall–Kier alpha value is -2.30. The standard InChI is InChI=1S/C18H23N3O/c1-14(2)21(15(3)4)11-6-5-10-20-18(22)17-9-7-8-16(12-17)13-19/h7-9,12,14-15H,10-11H2,1-4H3,(H,20,22). The van der Waals surface area contributed by atoms with Crippen LogP contribution in [0.3, 0.4) is 0 Å². The van der Waals surface area contributed by atoms with Crippen LogP contribution in [0, 0.1) is 23.2 Å². The van der Waals surface area contributed by atoms with Gasteiger partial charge in [0.2, 0.25) is 0 Å². The van der Waals surface area contributed by atoms with Crippen LogP contribution in [0.25, 0.3) is 0 Å². The Labute approximate surface area is 133 Å². The van der Waals surface area contributed by atoms with E-state index in [1.54, 1.807) is 24.3 Å². The molecule has 0 spiro atoms. The van der Waals surface area contributed by atoms with Gasteiger partial charge in [-0.15, -0.1) is 0 Å². The van der Waals surface area contributed by atoms with Crippen LogP contribution in [0.1, 0.15) is 43.6 Å². The lowest BCUT2D eigenvalue weighted by atomic mass is 10.1. The molecule has 0 atom stereocenters. The third-order valence-electron chi connectivity index (χ3n) is 3.30. The van der Waals surface area contributed by atoms with Crippen molar-refractivity contribution < 1.29 is 4.79 Å². The molecule has 0 aliphatic carbocycles. The summed E-state index contributed by atoms with van der Waals surface area (Å²) in [5.41, 5.74) is 0.954. The van der Waals surface area contributed by atoms with Crippen molar-refractivity contribution in [3.63, 3.8) is 0 Å². The van der Waals surface area contributed by atoms with Crippen LogP contribution in [-0.4, -0.2) is 36.0 Å². The molecule has 0 bridgehead atoms. The summed E-state index contributed by atoms with van der Waals surface area (Å²) in [7, 11) is 0. The zero-order chi connectivity index (χ0) is 16.5. The van der Waals surface area contributed by atoms with E-state index < -0.39 is 0 Å². The molecule has 22 heavy (non-hydrogen) atoms. The average molecular weight is 297 g/mol. The lowest BCUT2D eigenvalue weighted by molar-refractivity contribution is 0.0958. The third kappa shape index (κ3) is 5.60. The Kier molecular flexibility index (Phi) is 7.16. The summed E-state index contributed by atoms with van der Waals surface area (Å²) in [4.78, 5) is 14.2.